The molecule has 0 aromatic heterocycles. The summed E-state index contributed by atoms with van der Waals surface area (Å²) in [5, 5.41) is 11.9. The number of carbonyl (C=O) groups is 3. The van der Waals surface area contributed by atoms with Crippen LogP contribution in [0.4, 0.5) is 0 Å². The van der Waals surface area contributed by atoms with Gasteiger partial charge >= 0.3 is 5.97 Å². The summed E-state index contributed by atoms with van der Waals surface area (Å²) >= 11 is 0. The van der Waals surface area contributed by atoms with E-state index in [1.807, 2.05) is 38.1 Å². The maximum atomic E-state index is 12.4. The van der Waals surface area contributed by atoms with Gasteiger partial charge in [-0.15, -0.1) is 0 Å². The molecule has 2 N–H and O–H groups in total. The molecule has 2 atom stereocenters. The summed E-state index contributed by atoms with van der Waals surface area (Å²) in [4.78, 5) is 37.0. The predicted molar refractivity (Wildman–Crippen MR) is 84.7 cm³/mol. The number of likely N-dealkylation sites (tertiary alicyclic amines) is 1. The number of nitrogens with zero attached hydrogens (tertiary/aromatic N) is 1. The van der Waals surface area contributed by atoms with Gasteiger partial charge < -0.3 is 15.3 Å². The van der Waals surface area contributed by atoms with Crippen LogP contribution in [0.15, 0.2) is 24.3 Å². The molecule has 23 heavy (non-hydrogen) atoms. The number of amides is 2. The summed E-state index contributed by atoms with van der Waals surface area (Å²) < 4.78 is 0. The zero-order chi connectivity index (χ0) is 17.0. The first-order valence-electron chi connectivity index (χ1n) is 7.77. The molecule has 0 aliphatic carbocycles. The standard InChI is InChI=1S/C17H22N2O4/c1-3-19-10-12(8-15(19)20)17(23)18-14(9-16(21)22)13-7-5-4-6-11(13)2/h4-7,12,14H,3,8-10H2,1-2H3,(H,18,23)(H,21,22)/t12-,14+/m1/s1. The molecule has 2 rings (SSSR count). The largest absolute Gasteiger partial charge is 0.481 e. The van der Waals surface area contributed by atoms with Crippen molar-refractivity contribution in [3.05, 3.63) is 35.4 Å². The van der Waals surface area contributed by atoms with Crippen LogP contribution in [0.2, 0.25) is 0 Å². The van der Waals surface area contributed by atoms with Crippen LogP contribution in [0.3, 0.4) is 0 Å². The lowest BCUT2D eigenvalue weighted by molar-refractivity contribution is -0.138. The van der Waals surface area contributed by atoms with E-state index < -0.39 is 17.9 Å². The Balaban J connectivity index is 2.12. The molecule has 0 spiro atoms. The molecule has 1 aliphatic heterocycles. The number of rotatable bonds is 6. The van der Waals surface area contributed by atoms with E-state index in [-0.39, 0.29) is 24.7 Å². The molecular weight excluding hydrogens is 296 g/mol. The molecule has 6 heteroatoms. The summed E-state index contributed by atoms with van der Waals surface area (Å²) in [5.41, 5.74) is 1.72. The fourth-order valence-corrected chi connectivity index (χ4v) is 2.93. The van der Waals surface area contributed by atoms with Crippen LogP contribution in [0.1, 0.15) is 36.9 Å². The molecule has 1 saturated heterocycles. The number of carbonyl (C=O) groups excluding carboxylic acids is 2. The predicted octanol–water partition coefficient (Wildman–Crippen LogP) is 1.50. The van der Waals surface area contributed by atoms with Crippen LogP contribution < -0.4 is 5.32 Å². The van der Waals surface area contributed by atoms with E-state index in [4.69, 9.17) is 5.11 Å². The first kappa shape index (κ1) is 17.0. The zero-order valence-corrected chi connectivity index (χ0v) is 13.4. The van der Waals surface area contributed by atoms with Gasteiger partial charge in [-0.1, -0.05) is 24.3 Å². The fraction of sp³-hybridized carbons (Fsp3) is 0.471. The van der Waals surface area contributed by atoms with Crippen molar-refractivity contribution in [2.45, 2.75) is 32.7 Å². The van der Waals surface area contributed by atoms with E-state index in [9.17, 15) is 14.4 Å². The lowest BCUT2D eigenvalue weighted by Gasteiger charge is -2.21. The van der Waals surface area contributed by atoms with E-state index in [1.54, 1.807) is 4.90 Å². The van der Waals surface area contributed by atoms with Gasteiger partial charge in [-0.05, 0) is 25.0 Å². The van der Waals surface area contributed by atoms with Crippen molar-refractivity contribution in [1.29, 1.82) is 0 Å². The molecular formula is C17H22N2O4. The van der Waals surface area contributed by atoms with Crippen molar-refractivity contribution in [2.75, 3.05) is 13.1 Å². The van der Waals surface area contributed by atoms with Gasteiger partial charge in [0.05, 0.1) is 18.4 Å². The van der Waals surface area contributed by atoms with Crippen LogP contribution in [-0.2, 0) is 14.4 Å². The minimum absolute atomic E-state index is 0.0293. The normalized spacial score (nSPS) is 18.8. The summed E-state index contributed by atoms with van der Waals surface area (Å²) in [5.74, 6) is -1.68. The number of nitrogens with one attached hydrogen (secondary N) is 1. The Bertz CT molecular complexity index is 614. The number of hydrogen-bond acceptors (Lipinski definition) is 3. The second-order valence-corrected chi connectivity index (χ2v) is 5.85. The summed E-state index contributed by atoms with van der Waals surface area (Å²) in [6.07, 6.45) is 0.00197. The average Bonchev–Trinajstić information content (AvgIpc) is 2.88. The highest BCUT2D eigenvalue weighted by atomic mass is 16.4. The van der Waals surface area contributed by atoms with Crippen molar-refractivity contribution in [3.63, 3.8) is 0 Å². The molecule has 1 aromatic rings. The quantitative estimate of drug-likeness (QED) is 0.832. The highest BCUT2D eigenvalue weighted by molar-refractivity contribution is 5.89. The maximum absolute atomic E-state index is 12.4. The molecule has 124 valence electrons. The van der Waals surface area contributed by atoms with Gasteiger partial charge in [0.15, 0.2) is 0 Å². The van der Waals surface area contributed by atoms with Gasteiger partial charge in [-0.2, -0.15) is 0 Å². The molecule has 6 nitrogen and oxygen atoms in total. The number of aryl methyl sites for hydroxylation is 1. The van der Waals surface area contributed by atoms with Gasteiger partial charge in [-0.3, -0.25) is 14.4 Å². The molecule has 0 saturated carbocycles. The highest BCUT2D eigenvalue weighted by Gasteiger charge is 2.34. The number of carboxylic acids is 1. The molecule has 1 aromatic carbocycles. The minimum atomic E-state index is -0.976. The van der Waals surface area contributed by atoms with Crippen molar-refractivity contribution < 1.29 is 19.5 Å². The van der Waals surface area contributed by atoms with Crippen LogP contribution in [-0.4, -0.2) is 40.9 Å². The SMILES string of the molecule is CCN1C[C@H](C(=O)N[C@@H](CC(=O)O)c2ccccc2C)CC1=O. The number of hydrogen-bond donors (Lipinski definition) is 2. The number of carboxylic acid groups (broad SMARTS) is 1. The summed E-state index contributed by atoms with van der Waals surface area (Å²) in [6, 6.07) is 6.80. The lowest BCUT2D eigenvalue weighted by atomic mass is 9.97. The minimum Gasteiger partial charge on any atom is -0.481 e. The molecule has 2 amide bonds. The second kappa shape index (κ2) is 7.26. The van der Waals surface area contributed by atoms with Gasteiger partial charge in [-0.25, -0.2) is 0 Å². The molecule has 1 fully saturated rings. The van der Waals surface area contributed by atoms with Crippen LogP contribution in [0.25, 0.3) is 0 Å². The maximum Gasteiger partial charge on any atom is 0.305 e. The third-order valence-corrected chi connectivity index (χ3v) is 4.23. The van der Waals surface area contributed by atoms with Crippen molar-refractivity contribution in [1.82, 2.24) is 10.2 Å². The summed E-state index contributed by atoms with van der Waals surface area (Å²) in [7, 11) is 0. The van der Waals surface area contributed by atoms with E-state index >= 15 is 0 Å². The number of aliphatic carboxylic acids is 1. The second-order valence-electron chi connectivity index (χ2n) is 5.85. The fourth-order valence-electron chi connectivity index (χ4n) is 2.93. The smallest absolute Gasteiger partial charge is 0.305 e. The van der Waals surface area contributed by atoms with Gasteiger partial charge in [0.1, 0.15) is 0 Å². The highest BCUT2D eigenvalue weighted by Crippen LogP contribution is 2.23. The Kier molecular flexibility index (Phi) is 5.36. The molecule has 0 radical (unpaired) electrons. The Morgan fingerprint density at radius 3 is 2.65 bits per heavy atom. The van der Waals surface area contributed by atoms with Crippen LogP contribution >= 0.6 is 0 Å². The lowest BCUT2D eigenvalue weighted by Crippen LogP contribution is -2.36. The first-order valence-corrected chi connectivity index (χ1v) is 7.77. The third-order valence-electron chi connectivity index (χ3n) is 4.23. The van der Waals surface area contributed by atoms with E-state index in [2.05, 4.69) is 5.32 Å². The van der Waals surface area contributed by atoms with Crippen molar-refractivity contribution in [2.24, 2.45) is 5.92 Å². The Labute approximate surface area is 135 Å². The van der Waals surface area contributed by atoms with Crippen LogP contribution in [0, 0.1) is 12.8 Å². The van der Waals surface area contributed by atoms with Crippen molar-refractivity contribution in [3.8, 4) is 0 Å². The number of benzene rings is 1. The van der Waals surface area contributed by atoms with E-state index in [1.165, 1.54) is 0 Å². The molecule has 0 unspecified atom stereocenters. The Hall–Kier alpha value is -2.37. The molecule has 1 heterocycles. The van der Waals surface area contributed by atoms with Gasteiger partial charge in [0.2, 0.25) is 11.8 Å². The molecule has 1 aliphatic rings. The average molecular weight is 318 g/mol. The molecule has 0 bridgehead atoms. The topological polar surface area (TPSA) is 86.7 Å². The van der Waals surface area contributed by atoms with Crippen molar-refractivity contribution >= 4 is 17.8 Å². The Morgan fingerprint density at radius 2 is 2.09 bits per heavy atom. The Morgan fingerprint density at radius 1 is 1.39 bits per heavy atom. The first-order chi connectivity index (χ1) is 10.9. The van der Waals surface area contributed by atoms with Gasteiger partial charge in [0.25, 0.3) is 0 Å². The van der Waals surface area contributed by atoms with E-state index in [0.29, 0.717) is 13.1 Å². The zero-order valence-electron chi connectivity index (χ0n) is 13.4. The summed E-state index contributed by atoms with van der Waals surface area (Å²) in [6.45, 7) is 4.74. The third kappa shape index (κ3) is 4.09. The van der Waals surface area contributed by atoms with Crippen LogP contribution in [0.5, 0.6) is 0 Å². The monoisotopic (exact) mass is 318 g/mol. The van der Waals surface area contributed by atoms with E-state index in [0.717, 1.165) is 11.1 Å². The van der Waals surface area contributed by atoms with Gasteiger partial charge in [0, 0.05) is 19.5 Å².